The van der Waals surface area contributed by atoms with Crippen LogP contribution in [-0.2, 0) is 0 Å². The molecule has 2 aromatic carbocycles. The van der Waals surface area contributed by atoms with Gasteiger partial charge < -0.3 is 19.7 Å². The number of benzene rings is 2. The Morgan fingerprint density at radius 3 is 2.60 bits per heavy atom. The topological polar surface area (TPSA) is 50.8 Å². The molecule has 0 aliphatic carbocycles. The zero-order valence-electron chi connectivity index (χ0n) is 14.9. The molecule has 25 heavy (non-hydrogen) atoms. The monoisotopic (exact) mass is 362 g/mol. The maximum atomic E-state index is 11.7. The molecule has 5 nitrogen and oxygen atoms in total. The number of ether oxygens (including phenoxy) is 2. The standard InChI is InChI=1S/C19H23ClN2O3/c1-5-17(13-7-6-8-15(11-13)24-4)25-18-10-9-14(12-16(18)20)21-19(23)22(2)3/h6-12,17H,5H2,1-4H3,(H,21,23). The molecule has 2 aromatic rings. The molecule has 0 spiro atoms. The SMILES string of the molecule is CCC(Oc1ccc(NC(=O)N(C)C)cc1Cl)c1cccc(OC)c1. The Kier molecular flexibility index (Phi) is 6.53. The second-order valence-electron chi connectivity index (χ2n) is 5.76. The minimum absolute atomic E-state index is 0.144. The number of nitrogens with one attached hydrogen (secondary N) is 1. The Labute approximate surface area is 153 Å². The zero-order chi connectivity index (χ0) is 18.4. The summed E-state index contributed by atoms with van der Waals surface area (Å²) in [5, 5.41) is 3.20. The van der Waals surface area contributed by atoms with E-state index < -0.39 is 0 Å². The third kappa shape index (κ3) is 5.03. The summed E-state index contributed by atoms with van der Waals surface area (Å²) in [4.78, 5) is 13.2. The largest absolute Gasteiger partial charge is 0.497 e. The molecular formula is C19H23ClN2O3. The van der Waals surface area contributed by atoms with E-state index in [0.717, 1.165) is 17.7 Å². The van der Waals surface area contributed by atoms with Gasteiger partial charge in [-0.25, -0.2) is 4.79 Å². The minimum atomic E-state index is -0.215. The van der Waals surface area contributed by atoms with E-state index in [0.29, 0.717) is 16.5 Å². The summed E-state index contributed by atoms with van der Waals surface area (Å²) in [5.41, 5.74) is 1.63. The van der Waals surface area contributed by atoms with Crippen LogP contribution in [0, 0.1) is 0 Å². The van der Waals surface area contributed by atoms with Crippen LogP contribution >= 0.6 is 11.6 Å². The van der Waals surface area contributed by atoms with Gasteiger partial charge >= 0.3 is 6.03 Å². The van der Waals surface area contributed by atoms with E-state index in [1.54, 1.807) is 39.4 Å². The van der Waals surface area contributed by atoms with Gasteiger partial charge in [0.25, 0.3) is 0 Å². The van der Waals surface area contributed by atoms with Crippen molar-refractivity contribution in [2.75, 3.05) is 26.5 Å². The van der Waals surface area contributed by atoms with Crippen LogP contribution in [0.5, 0.6) is 11.5 Å². The van der Waals surface area contributed by atoms with Crippen LogP contribution in [0.15, 0.2) is 42.5 Å². The van der Waals surface area contributed by atoms with E-state index >= 15 is 0 Å². The number of hydrogen-bond donors (Lipinski definition) is 1. The molecule has 0 fully saturated rings. The summed E-state index contributed by atoms with van der Waals surface area (Å²) >= 11 is 6.32. The maximum absolute atomic E-state index is 11.7. The van der Waals surface area contributed by atoms with Crippen molar-refractivity contribution < 1.29 is 14.3 Å². The Balaban J connectivity index is 2.16. The number of halogens is 1. The smallest absolute Gasteiger partial charge is 0.321 e. The highest BCUT2D eigenvalue weighted by Crippen LogP contribution is 2.33. The summed E-state index contributed by atoms with van der Waals surface area (Å²) in [6, 6.07) is 12.8. The van der Waals surface area contributed by atoms with Gasteiger partial charge in [0.2, 0.25) is 0 Å². The predicted molar refractivity (Wildman–Crippen MR) is 101 cm³/mol. The number of anilines is 1. The quantitative estimate of drug-likeness (QED) is 0.789. The van der Waals surface area contributed by atoms with Crippen molar-refractivity contribution in [3.05, 3.63) is 53.1 Å². The molecule has 0 aliphatic heterocycles. The van der Waals surface area contributed by atoms with Crippen molar-refractivity contribution in [2.24, 2.45) is 0 Å². The van der Waals surface area contributed by atoms with Crippen LogP contribution in [0.25, 0.3) is 0 Å². The van der Waals surface area contributed by atoms with Gasteiger partial charge in [-0.05, 0) is 42.3 Å². The molecule has 0 aliphatic rings. The summed E-state index contributed by atoms with van der Waals surface area (Å²) in [5.74, 6) is 1.35. The predicted octanol–water partition coefficient (Wildman–Crippen LogP) is 4.97. The second-order valence-corrected chi connectivity index (χ2v) is 6.17. The Bertz CT molecular complexity index is 734. The average molecular weight is 363 g/mol. The average Bonchev–Trinajstić information content (AvgIpc) is 2.61. The van der Waals surface area contributed by atoms with Crippen molar-refractivity contribution in [2.45, 2.75) is 19.4 Å². The highest BCUT2D eigenvalue weighted by atomic mass is 35.5. The van der Waals surface area contributed by atoms with Gasteiger partial charge in [0.1, 0.15) is 17.6 Å². The number of hydrogen-bond acceptors (Lipinski definition) is 3. The van der Waals surface area contributed by atoms with Crippen molar-refractivity contribution in [1.82, 2.24) is 4.90 Å². The van der Waals surface area contributed by atoms with Gasteiger partial charge in [-0.3, -0.25) is 0 Å². The Morgan fingerprint density at radius 2 is 2.00 bits per heavy atom. The molecule has 0 bridgehead atoms. The molecule has 1 atom stereocenters. The van der Waals surface area contributed by atoms with E-state index in [1.165, 1.54) is 4.90 Å². The van der Waals surface area contributed by atoms with Crippen LogP contribution in [0.2, 0.25) is 5.02 Å². The van der Waals surface area contributed by atoms with E-state index in [-0.39, 0.29) is 12.1 Å². The van der Waals surface area contributed by atoms with Gasteiger partial charge in [-0.1, -0.05) is 30.7 Å². The molecule has 1 N–H and O–H groups in total. The Morgan fingerprint density at radius 1 is 1.24 bits per heavy atom. The number of amides is 2. The lowest BCUT2D eigenvalue weighted by Crippen LogP contribution is -2.27. The van der Waals surface area contributed by atoms with Crippen LogP contribution in [0.1, 0.15) is 25.0 Å². The molecule has 6 heteroatoms. The van der Waals surface area contributed by atoms with Gasteiger partial charge in [0.05, 0.1) is 12.1 Å². The first-order valence-electron chi connectivity index (χ1n) is 8.03. The molecule has 1 unspecified atom stereocenters. The molecule has 2 rings (SSSR count). The van der Waals surface area contributed by atoms with Crippen LogP contribution in [-0.4, -0.2) is 32.1 Å². The molecule has 0 saturated carbocycles. The van der Waals surface area contributed by atoms with E-state index in [9.17, 15) is 4.79 Å². The van der Waals surface area contributed by atoms with Crippen molar-refractivity contribution >= 4 is 23.3 Å². The fourth-order valence-corrected chi connectivity index (χ4v) is 2.52. The van der Waals surface area contributed by atoms with Crippen molar-refractivity contribution in [1.29, 1.82) is 0 Å². The van der Waals surface area contributed by atoms with Gasteiger partial charge in [0, 0.05) is 19.8 Å². The number of rotatable bonds is 6. The van der Waals surface area contributed by atoms with Crippen LogP contribution in [0.4, 0.5) is 10.5 Å². The summed E-state index contributed by atoms with van der Waals surface area (Å²) in [6.07, 6.45) is 0.637. The summed E-state index contributed by atoms with van der Waals surface area (Å²) in [6.45, 7) is 2.05. The molecule has 2 amide bonds. The van der Waals surface area contributed by atoms with Crippen LogP contribution in [0.3, 0.4) is 0 Å². The van der Waals surface area contributed by atoms with Gasteiger partial charge in [0.15, 0.2) is 0 Å². The molecule has 134 valence electrons. The fraction of sp³-hybridized carbons (Fsp3) is 0.316. The van der Waals surface area contributed by atoms with Gasteiger partial charge in [-0.15, -0.1) is 0 Å². The number of carbonyl (C=O) groups excluding carboxylic acids is 1. The van der Waals surface area contributed by atoms with Gasteiger partial charge in [-0.2, -0.15) is 0 Å². The minimum Gasteiger partial charge on any atom is -0.497 e. The third-order valence-corrected chi connectivity index (χ3v) is 3.99. The second kappa shape index (κ2) is 8.62. The van der Waals surface area contributed by atoms with E-state index in [4.69, 9.17) is 21.1 Å². The maximum Gasteiger partial charge on any atom is 0.321 e. The molecule has 0 aromatic heterocycles. The zero-order valence-corrected chi connectivity index (χ0v) is 15.6. The lowest BCUT2D eigenvalue weighted by molar-refractivity contribution is 0.201. The third-order valence-electron chi connectivity index (χ3n) is 3.69. The highest BCUT2D eigenvalue weighted by Gasteiger charge is 2.15. The normalized spacial score (nSPS) is 11.6. The molecule has 0 saturated heterocycles. The first kappa shape index (κ1) is 18.9. The van der Waals surface area contributed by atoms with Crippen molar-refractivity contribution in [3.8, 4) is 11.5 Å². The lowest BCUT2D eigenvalue weighted by Gasteiger charge is -2.20. The van der Waals surface area contributed by atoms with Crippen LogP contribution < -0.4 is 14.8 Å². The number of methoxy groups -OCH3 is 1. The number of nitrogens with zero attached hydrogens (tertiary/aromatic N) is 1. The molecular weight excluding hydrogens is 340 g/mol. The first-order chi connectivity index (χ1) is 11.9. The summed E-state index contributed by atoms with van der Waals surface area (Å²) in [7, 11) is 4.99. The highest BCUT2D eigenvalue weighted by molar-refractivity contribution is 6.32. The summed E-state index contributed by atoms with van der Waals surface area (Å²) < 4.78 is 11.3. The van der Waals surface area contributed by atoms with E-state index in [2.05, 4.69) is 5.32 Å². The lowest BCUT2D eigenvalue weighted by atomic mass is 10.1. The van der Waals surface area contributed by atoms with Crippen molar-refractivity contribution in [3.63, 3.8) is 0 Å². The number of urea groups is 1. The molecule has 0 radical (unpaired) electrons. The molecule has 0 heterocycles. The van der Waals surface area contributed by atoms with E-state index in [1.807, 2.05) is 31.2 Å². The first-order valence-corrected chi connectivity index (χ1v) is 8.40. The number of carbonyl (C=O) groups is 1. The fourth-order valence-electron chi connectivity index (χ4n) is 2.29. The Hall–Kier alpha value is -2.40.